The van der Waals surface area contributed by atoms with E-state index in [4.69, 9.17) is 26.1 Å². The molecule has 30 heavy (non-hydrogen) atoms. The minimum atomic E-state index is -4.93. The van der Waals surface area contributed by atoms with E-state index in [2.05, 4.69) is 16.8 Å². The Labute approximate surface area is 185 Å². The Hall–Kier alpha value is 0.0600. The van der Waals surface area contributed by atoms with Crippen molar-refractivity contribution in [3.05, 3.63) is 0 Å². The predicted molar refractivity (Wildman–Crippen MR) is 113 cm³/mol. The lowest BCUT2D eigenvalue weighted by atomic mass is 9.92. The molecule has 9 atom stereocenters. The third kappa shape index (κ3) is 6.31. The number of ether oxygens (including phenoxy) is 1. The van der Waals surface area contributed by atoms with Gasteiger partial charge in [0.05, 0.1) is 17.5 Å². The lowest BCUT2D eigenvalue weighted by Gasteiger charge is -2.45. The van der Waals surface area contributed by atoms with Crippen molar-refractivity contribution < 1.29 is 38.6 Å². The molecule has 2 saturated heterocycles. The number of carbonyl (C=O) groups is 1. The molecule has 0 spiro atoms. The van der Waals surface area contributed by atoms with Crippen LogP contribution in [0.25, 0.3) is 0 Å². The van der Waals surface area contributed by atoms with E-state index >= 15 is 0 Å². The molecule has 10 nitrogen and oxygen atoms in total. The van der Waals surface area contributed by atoms with Crippen LogP contribution < -0.4 is 5.32 Å². The van der Waals surface area contributed by atoms with Gasteiger partial charge in [-0.3, -0.25) is 14.2 Å². The second-order valence-corrected chi connectivity index (χ2v) is 10.7. The Morgan fingerprint density at radius 3 is 2.50 bits per heavy atom. The lowest BCUT2D eigenvalue weighted by molar-refractivity contribution is -0.201. The zero-order chi connectivity index (χ0) is 22.8. The fourth-order valence-corrected chi connectivity index (χ4v) is 5.61. The van der Waals surface area contributed by atoms with E-state index in [0.717, 1.165) is 24.7 Å². The molecule has 13 heteroatoms. The van der Waals surface area contributed by atoms with E-state index in [1.165, 1.54) is 0 Å². The number of alkyl halides is 1. The smallest absolute Gasteiger partial charge is 0.388 e. The summed E-state index contributed by atoms with van der Waals surface area (Å²) in [6.07, 6.45) is -2.50. The number of phosphoric ester groups is 1. The van der Waals surface area contributed by atoms with Crippen LogP contribution >= 0.6 is 31.2 Å². The molecule has 0 aromatic carbocycles. The Morgan fingerprint density at radius 1 is 1.40 bits per heavy atom. The molecule has 0 aliphatic carbocycles. The maximum atomic E-state index is 12.9. The molecule has 1 amide bonds. The number of nitrogens with one attached hydrogen (secondary N) is 1. The molecular formula is C17H32ClN2O8PS. The van der Waals surface area contributed by atoms with Gasteiger partial charge in [-0.2, -0.15) is 0 Å². The first-order valence-corrected chi connectivity index (χ1v) is 13.1. The Bertz CT molecular complexity index is 639. The van der Waals surface area contributed by atoms with Gasteiger partial charge in [-0.05, 0) is 32.6 Å². The standard InChI is InChI=1S/C17H32ClN2O8PS/c1-5-9-6-10(20(3)7-9)16(23)19-11(8(2)18)14-12(21)13(22)15(17(27-14)30-4)28-29(24,25)26/h8-15,17,21-22H,5-7H2,1-4H3,(H,19,23)(H2,24,25,26). The zero-order valence-electron chi connectivity index (χ0n) is 17.4. The SMILES string of the molecule is CCC1CC(C(=O)NC(C(C)Cl)C2OC(SC)C(OP(=O)(O)O)C(O)C2O)N(C)C1. The summed E-state index contributed by atoms with van der Waals surface area (Å²) in [5.74, 6) is 0.174. The van der Waals surface area contributed by atoms with Crippen molar-refractivity contribution >= 4 is 37.1 Å². The summed E-state index contributed by atoms with van der Waals surface area (Å²) >= 11 is 7.36. The molecule has 5 N–H and O–H groups in total. The molecule has 176 valence electrons. The molecule has 2 heterocycles. The van der Waals surface area contributed by atoms with Gasteiger partial charge < -0.3 is 30.1 Å². The summed E-state index contributed by atoms with van der Waals surface area (Å²) in [5, 5.41) is 23.3. The molecule has 2 aliphatic rings. The van der Waals surface area contributed by atoms with Crippen molar-refractivity contribution in [1.82, 2.24) is 10.2 Å². The van der Waals surface area contributed by atoms with Gasteiger partial charge in [0.25, 0.3) is 0 Å². The molecule has 0 radical (unpaired) electrons. The highest BCUT2D eigenvalue weighted by Crippen LogP contribution is 2.43. The monoisotopic (exact) mass is 490 g/mol. The van der Waals surface area contributed by atoms with E-state index in [9.17, 15) is 19.6 Å². The number of hydrogen-bond acceptors (Lipinski definition) is 8. The van der Waals surface area contributed by atoms with Crippen LogP contribution in [0.5, 0.6) is 0 Å². The number of nitrogens with zero attached hydrogens (tertiary/aromatic N) is 1. The van der Waals surface area contributed by atoms with Crippen LogP contribution in [-0.2, 0) is 18.6 Å². The third-order valence-corrected chi connectivity index (χ3v) is 7.38. The number of hydrogen-bond donors (Lipinski definition) is 5. The van der Waals surface area contributed by atoms with E-state index in [-0.39, 0.29) is 11.9 Å². The molecular weight excluding hydrogens is 459 g/mol. The van der Waals surface area contributed by atoms with Gasteiger partial charge in [-0.25, -0.2) is 4.57 Å². The number of phosphoric acid groups is 1. The van der Waals surface area contributed by atoms with Gasteiger partial charge in [-0.15, -0.1) is 23.4 Å². The average Bonchev–Trinajstić information content (AvgIpc) is 3.04. The number of aliphatic hydroxyl groups excluding tert-OH is 2. The summed E-state index contributed by atoms with van der Waals surface area (Å²) in [5.41, 5.74) is -0.991. The van der Waals surface area contributed by atoms with E-state index in [0.29, 0.717) is 12.3 Å². The summed E-state index contributed by atoms with van der Waals surface area (Å²) < 4.78 is 21.7. The Balaban J connectivity index is 2.17. The second kappa shape index (κ2) is 10.8. The number of thioether (sulfide) groups is 1. The van der Waals surface area contributed by atoms with E-state index in [1.54, 1.807) is 13.2 Å². The quantitative estimate of drug-likeness (QED) is 0.234. The number of aliphatic hydroxyl groups is 2. The van der Waals surface area contributed by atoms with Crippen molar-refractivity contribution in [3.8, 4) is 0 Å². The number of rotatable bonds is 8. The summed E-state index contributed by atoms with van der Waals surface area (Å²) in [7, 11) is -3.05. The van der Waals surface area contributed by atoms with E-state index in [1.807, 2.05) is 11.9 Å². The highest BCUT2D eigenvalue weighted by molar-refractivity contribution is 7.99. The van der Waals surface area contributed by atoms with Crippen molar-refractivity contribution in [2.75, 3.05) is 19.8 Å². The number of amides is 1. The van der Waals surface area contributed by atoms with Crippen LogP contribution in [0.3, 0.4) is 0 Å². The van der Waals surface area contributed by atoms with Gasteiger partial charge in [0.2, 0.25) is 5.91 Å². The summed E-state index contributed by atoms with van der Waals surface area (Å²) in [6, 6.07) is -1.18. The normalized spacial score (nSPS) is 37.7. The first-order valence-electron chi connectivity index (χ1n) is 9.82. The van der Waals surface area contributed by atoms with E-state index < -0.39 is 49.1 Å². The zero-order valence-corrected chi connectivity index (χ0v) is 19.9. The highest BCUT2D eigenvalue weighted by Gasteiger charge is 2.51. The van der Waals surface area contributed by atoms with Crippen molar-refractivity contribution in [1.29, 1.82) is 0 Å². The van der Waals surface area contributed by atoms with Crippen LogP contribution in [0.15, 0.2) is 0 Å². The van der Waals surface area contributed by atoms with Gasteiger partial charge in [0, 0.05) is 6.54 Å². The van der Waals surface area contributed by atoms with Crippen LogP contribution in [0.4, 0.5) is 0 Å². The molecule has 2 rings (SSSR count). The van der Waals surface area contributed by atoms with Gasteiger partial charge in [0.1, 0.15) is 29.9 Å². The predicted octanol–water partition coefficient (Wildman–Crippen LogP) is 0.116. The van der Waals surface area contributed by atoms with Crippen molar-refractivity contribution in [2.24, 2.45) is 5.92 Å². The molecule has 9 unspecified atom stereocenters. The van der Waals surface area contributed by atoms with Crippen LogP contribution in [0.1, 0.15) is 26.7 Å². The number of halogens is 1. The fraction of sp³-hybridized carbons (Fsp3) is 0.941. The summed E-state index contributed by atoms with van der Waals surface area (Å²) in [4.78, 5) is 33.1. The minimum Gasteiger partial charge on any atom is -0.388 e. The molecule has 0 bridgehead atoms. The molecule has 2 aliphatic heterocycles. The van der Waals surface area contributed by atoms with Gasteiger partial charge in [-0.1, -0.05) is 13.3 Å². The van der Waals surface area contributed by atoms with Gasteiger partial charge >= 0.3 is 7.82 Å². The molecule has 0 aromatic rings. The average molecular weight is 491 g/mol. The van der Waals surface area contributed by atoms with Crippen molar-refractivity contribution in [3.63, 3.8) is 0 Å². The number of likely N-dealkylation sites (N-methyl/N-ethyl adjacent to an activating group) is 1. The maximum Gasteiger partial charge on any atom is 0.470 e. The maximum absolute atomic E-state index is 12.9. The molecule has 2 fully saturated rings. The van der Waals surface area contributed by atoms with Crippen molar-refractivity contribution in [2.45, 2.75) is 74.0 Å². The molecule has 0 aromatic heterocycles. The lowest BCUT2D eigenvalue weighted by Crippen LogP contribution is -2.65. The second-order valence-electron chi connectivity index (χ2n) is 7.92. The first-order chi connectivity index (χ1) is 13.9. The van der Waals surface area contributed by atoms with Crippen LogP contribution in [0, 0.1) is 5.92 Å². The topological polar surface area (TPSA) is 149 Å². The highest BCUT2D eigenvalue weighted by atomic mass is 35.5. The minimum absolute atomic E-state index is 0.245. The summed E-state index contributed by atoms with van der Waals surface area (Å²) in [6.45, 7) is 4.52. The van der Waals surface area contributed by atoms with Crippen LogP contribution in [0.2, 0.25) is 0 Å². The van der Waals surface area contributed by atoms with Gasteiger partial charge in [0.15, 0.2) is 0 Å². The first kappa shape index (κ1) is 26.3. The Morgan fingerprint density at radius 2 is 2.03 bits per heavy atom. The number of carbonyl (C=O) groups excluding carboxylic acids is 1. The van der Waals surface area contributed by atoms with Crippen LogP contribution in [-0.4, -0.2) is 98.0 Å². The number of likely N-dealkylation sites (tertiary alicyclic amines) is 1. The largest absolute Gasteiger partial charge is 0.470 e. The Kier molecular flexibility index (Phi) is 9.46. The fourth-order valence-electron chi connectivity index (χ4n) is 4.05. The molecule has 0 saturated carbocycles. The third-order valence-electron chi connectivity index (χ3n) is 5.75.